The lowest BCUT2D eigenvalue weighted by atomic mass is 10.1. The van der Waals surface area contributed by atoms with Crippen molar-refractivity contribution in [1.29, 1.82) is 0 Å². The van der Waals surface area contributed by atoms with Crippen LogP contribution in [0.15, 0.2) is 33.9 Å². The summed E-state index contributed by atoms with van der Waals surface area (Å²) in [5.41, 5.74) is 3.75. The van der Waals surface area contributed by atoms with Gasteiger partial charge in [0.25, 0.3) is 0 Å². The Hall–Kier alpha value is -1.85. The lowest BCUT2D eigenvalue weighted by Crippen LogP contribution is -2.23. The monoisotopic (exact) mass is 324 g/mol. The van der Waals surface area contributed by atoms with E-state index in [1.54, 1.807) is 25.1 Å². The zero-order valence-electron chi connectivity index (χ0n) is 13.5. The van der Waals surface area contributed by atoms with Crippen LogP contribution in [-0.4, -0.2) is 34.0 Å². The zero-order chi connectivity index (χ0) is 17.2. The maximum Gasteiger partial charge on any atom is 0.335 e. The molecule has 0 radical (unpaired) electrons. The molecule has 6 nitrogen and oxygen atoms in total. The third kappa shape index (κ3) is 6.42. The summed E-state index contributed by atoms with van der Waals surface area (Å²) in [7, 11) is 0. The van der Waals surface area contributed by atoms with Crippen molar-refractivity contribution in [3.8, 4) is 0 Å². The molecule has 0 bridgehead atoms. The molecule has 6 heteroatoms. The quantitative estimate of drug-likeness (QED) is 0.474. The van der Waals surface area contributed by atoms with E-state index >= 15 is 0 Å². The van der Waals surface area contributed by atoms with E-state index < -0.39 is 18.2 Å². The molecule has 0 saturated heterocycles. The van der Waals surface area contributed by atoms with Gasteiger partial charge in [-0.2, -0.15) is 0 Å². The molecule has 0 amide bonds. The first-order valence-corrected chi connectivity index (χ1v) is 7.66. The highest BCUT2D eigenvalue weighted by Crippen LogP contribution is 2.20. The fourth-order valence-corrected chi connectivity index (χ4v) is 1.95. The summed E-state index contributed by atoms with van der Waals surface area (Å²) in [6.45, 7) is 3.58. The molecule has 0 aliphatic rings. The molecular weight excluding hydrogens is 300 g/mol. The van der Waals surface area contributed by atoms with E-state index in [-0.39, 0.29) is 26.1 Å². The van der Waals surface area contributed by atoms with Gasteiger partial charge in [-0.1, -0.05) is 6.92 Å². The van der Waals surface area contributed by atoms with Crippen molar-refractivity contribution >= 4 is 5.97 Å². The van der Waals surface area contributed by atoms with E-state index in [4.69, 9.17) is 14.3 Å². The topological polar surface area (TPSA) is 100 Å². The van der Waals surface area contributed by atoms with E-state index in [1.807, 2.05) is 6.92 Å². The predicted molar refractivity (Wildman–Crippen MR) is 83.4 cm³/mol. The standard InChI is InChI=1S/C17H24O6/c1-3-12(10-15(20)17(21)22-4-2)6-5-7-14(19)16-9-8-13(11-18)23-16/h5,8-9,14-15,18-20H,3-4,7,10-11H2,1-2H3/t6?,14-,15-/m1/s1. The Balaban J connectivity index is 2.62. The van der Waals surface area contributed by atoms with Gasteiger partial charge in [-0.05, 0) is 37.1 Å². The van der Waals surface area contributed by atoms with Crippen LogP contribution in [0.1, 0.15) is 50.7 Å². The summed E-state index contributed by atoms with van der Waals surface area (Å²) in [6.07, 6.45) is 0.652. The molecule has 1 aromatic rings. The van der Waals surface area contributed by atoms with Crippen LogP contribution in [0.25, 0.3) is 0 Å². The number of aliphatic hydroxyl groups is 3. The first kappa shape index (κ1) is 19.2. The minimum absolute atomic E-state index is 0.150. The molecule has 0 unspecified atom stereocenters. The van der Waals surface area contributed by atoms with Gasteiger partial charge < -0.3 is 24.5 Å². The second-order valence-electron chi connectivity index (χ2n) is 4.99. The minimum atomic E-state index is -1.20. The predicted octanol–water partition coefficient (Wildman–Crippen LogP) is 2.00. The number of hydrogen-bond acceptors (Lipinski definition) is 6. The number of furan rings is 1. The Kier molecular flexibility index (Phi) is 8.37. The molecule has 128 valence electrons. The van der Waals surface area contributed by atoms with Crippen LogP contribution in [0.3, 0.4) is 0 Å². The molecule has 0 aliphatic heterocycles. The van der Waals surface area contributed by atoms with E-state index in [2.05, 4.69) is 5.73 Å². The van der Waals surface area contributed by atoms with Gasteiger partial charge in [-0.3, -0.25) is 0 Å². The third-order valence-corrected chi connectivity index (χ3v) is 3.24. The number of aliphatic hydroxyl groups excluding tert-OH is 3. The largest absolute Gasteiger partial charge is 0.464 e. The Morgan fingerprint density at radius 1 is 1.39 bits per heavy atom. The van der Waals surface area contributed by atoms with Crippen molar-refractivity contribution in [3.05, 3.63) is 41.0 Å². The molecule has 2 atom stereocenters. The van der Waals surface area contributed by atoms with E-state index in [9.17, 15) is 15.0 Å². The summed E-state index contributed by atoms with van der Waals surface area (Å²) in [5, 5.41) is 28.6. The smallest absolute Gasteiger partial charge is 0.335 e. The highest BCUT2D eigenvalue weighted by molar-refractivity contribution is 5.74. The van der Waals surface area contributed by atoms with Crippen molar-refractivity contribution in [2.75, 3.05) is 6.61 Å². The van der Waals surface area contributed by atoms with Crippen LogP contribution in [0.5, 0.6) is 0 Å². The molecule has 0 saturated carbocycles. The molecule has 1 rings (SSSR count). The van der Waals surface area contributed by atoms with Crippen molar-refractivity contribution < 1.29 is 29.3 Å². The summed E-state index contributed by atoms with van der Waals surface area (Å²) in [4.78, 5) is 11.4. The number of hydrogen-bond donors (Lipinski definition) is 3. The van der Waals surface area contributed by atoms with Crippen molar-refractivity contribution in [2.24, 2.45) is 0 Å². The summed E-state index contributed by atoms with van der Waals surface area (Å²) >= 11 is 0. The average Bonchev–Trinajstić information content (AvgIpc) is 3.02. The lowest BCUT2D eigenvalue weighted by Gasteiger charge is -2.09. The van der Waals surface area contributed by atoms with Crippen molar-refractivity contribution in [3.63, 3.8) is 0 Å². The molecule has 3 N–H and O–H groups in total. The van der Waals surface area contributed by atoms with Crippen LogP contribution in [0, 0.1) is 0 Å². The van der Waals surface area contributed by atoms with Crippen molar-refractivity contribution in [1.82, 2.24) is 0 Å². The average molecular weight is 324 g/mol. The highest BCUT2D eigenvalue weighted by Gasteiger charge is 2.17. The summed E-state index contributed by atoms with van der Waals surface area (Å²) in [5.74, 6) is 0.120. The Labute approximate surface area is 135 Å². The van der Waals surface area contributed by atoms with Crippen LogP contribution in [0.4, 0.5) is 0 Å². The van der Waals surface area contributed by atoms with E-state index in [1.165, 1.54) is 0 Å². The Morgan fingerprint density at radius 2 is 2.13 bits per heavy atom. The molecule has 23 heavy (non-hydrogen) atoms. The second kappa shape index (κ2) is 10.0. The number of ether oxygens (including phenoxy) is 1. The number of rotatable bonds is 9. The van der Waals surface area contributed by atoms with Gasteiger partial charge >= 0.3 is 5.97 Å². The molecule has 1 aromatic heterocycles. The summed E-state index contributed by atoms with van der Waals surface area (Å²) in [6, 6.07) is 3.21. The fourth-order valence-electron chi connectivity index (χ4n) is 1.95. The number of esters is 1. The van der Waals surface area contributed by atoms with Gasteiger partial charge in [0.15, 0.2) is 6.10 Å². The minimum Gasteiger partial charge on any atom is -0.464 e. The van der Waals surface area contributed by atoms with Crippen LogP contribution < -0.4 is 0 Å². The fraction of sp³-hybridized carbons (Fsp3) is 0.529. The molecule has 0 fully saturated rings. The van der Waals surface area contributed by atoms with Crippen LogP contribution >= 0.6 is 0 Å². The van der Waals surface area contributed by atoms with Gasteiger partial charge in [-0.25, -0.2) is 4.79 Å². The molecule has 0 aromatic carbocycles. The zero-order valence-corrected chi connectivity index (χ0v) is 13.5. The highest BCUT2D eigenvalue weighted by atomic mass is 16.5. The summed E-state index contributed by atoms with van der Waals surface area (Å²) < 4.78 is 10.00. The first-order chi connectivity index (χ1) is 11.0. The molecule has 1 heterocycles. The molecule has 0 spiro atoms. The van der Waals surface area contributed by atoms with E-state index in [0.717, 1.165) is 5.57 Å². The maximum absolute atomic E-state index is 11.4. The Bertz CT molecular complexity index is 553. The van der Waals surface area contributed by atoms with Gasteiger partial charge in [0, 0.05) is 12.8 Å². The SMILES string of the molecule is CCOC(=O)[C@H](O)CC(=C=CC[C@@H](O)c1ccc(CO)o1)CC. The number of carbonyl (C=O) groups is 1. The van der Waals surface area contributed by atoms with Crippen LogP contribution in [-0.2, 0) is 16.1 Å². The van der Waals surface area contributed by atoms with Gasteiger partial charge in [-0.15, -0.1) is 5.73 Å². The normalized spacial score (nSPS) is 13.1. The van der Waals surface area contributed by atoms with Crippen LogP contribution in [0.2, 0.25) is 0 Å². The molecule has 0 aliphatic carbocycles. The second-order valence-corrected chi connectivity index (χ2v) is 4.99. The maximum atomic E-state index is 11.4. The van der Waals surface area contributed by atoms with Gasteiger partial charge in [0.2, 0.25) is 0 Å². The molecular formula is C17H24O6. The van der Waals surface area contributed by atoms with Gasteiger partial charge in [0.05, 0.1) is 6.61 Å². The number of carbonyl (C=O) groups excluding carboxylic acids is 1. The van der Waals surface area contributed by atoms with Crippen molar-refractivity contribution in [2.45, 2.75) is 51.9 Å². The lowest BCUT2D eigenvalue weighted by molar-refractivity contribution is -0.152. The third-order valence-electron chi connectivity index (χ3n) is 3.24. The first-order valence-electron chi connectivity index (χ1n) is 7.66. The Morgan fingerprint density at radius 3 is 2.70 bits per heavy atom. The van der Waals surface area contributed by atoms with Gasteiger partial charge in [0.1, 0.15) is 24.2 Å². The van der Waals surface area contributed by atoms with E-state index in [0.29, 0.717) is 17.9 Å².